The van der Waals surface area contributed by atoms with Gasteiger partial charge in [0, 0.05) is 37.2 Å². The highest BCUT2D eigenvalue weighted by Gasteiger charge is 2.59. The maximum absolute atomic E-state index is 14.0. The van der Waals surface area contributed by atoms with Crippen LogP contribution in [0.5, 0.6) is 11.5 Å². The van der Waals surface area contributed by atoms with Crippen LogP contribution in [-0.2, 0) is 9.53 Å². The Morgan fingerprint density at radius 2 is 2.16 bits per heavy atom. The molecule has 1 saturated carbocycles. The van der Waals surface area contributed by atoms with Gasteiger partial charge in [-0.2, -0.15) is 0 Å². The molecule has 1 aliphatic carbocycles. The fourth-order valence-electron chi connectivity index (χ4n) is 1.75. The average Bonchev–Trinajstić information content (AvgIpc) is 2.96. The Bertz CT molecular complexity index is 494. The van der Waals surface area contributed by atoms with Crippen molar-refractivity contribution in [3.63, 3.8) is 0 Å². The molecular weight excluding hydrogens is 253 g/mol. The normalized spacial score (nSPS) is 24.7. The summed E-state index contributed by atoms with van der Waals surface area (Å²) in [6.07, 6.45) is -0.556. The molecule has 104 valence electrons. The number of benzene rings is 1. The Balaban J connectivity index is 1.93. The van der Waals surface area contributed by atoms with Crippen LogP contribution < -0.4 is 15.2 Å². The molecule has 1 fully saturated rings. The van der Waals surface area contributed by atoms with Crippen molar-refractivity contribution < 1.29 is 23.4 Å². The maximum Gasteiger partial charge on any atom is 0.303 e. The molecule has 6 heteroatoms. The largest absolute Gasteiger partial charge is 0.497 e. The number of nitrogens with two attached hydrogens (primary N) is 1. The van der Waals surface area contributed by atoms with Gasteiger partial charge in [0.25, 0.3) is 0 Å². The van der Waals surface area contributed by atoms with E-state index in [1.165, 1.54) is 14.0 Å². The van der Waals surface area contributed by atoms with Crippen molar-refractivity contribution >= 4 is 11.7 Å². The van der Waals surface area contributed by atoms with Crippen LogP contribution in [-0.4, -0.2) is 31.5 Å². The minimum atomic E-state index is -1.61. The van der Waals surface area contributed by atoms with Gasteiger partial charge in [0.1, 0.15) is 24.2 Å². The first-order chi connectivity index (χ1) is 8.93. The Morgan fingerprint density at radius 1 is 1.47 bits per heavy atom. The third kappa shape index (κ3) is 3.27. The van der Waals surface area contributed by atoms with Crippen LogP contribution in [0.4, 0.5) is 10.1 Å². The Hall–Kier alpha value is -1.98. The van der Waals surface area contributed by atoms with Crippen LogP contribution in [0.2, 0.25) is 0 Å². The Morgan fingerprint density at radius 3 is 2.79 bits per heavy atom. The SMILES string of the molecule is COc1cc(N)cc(OCC2(F)CC2OC(C)=O)c1. The highest BCUT2D eigenvalue weighted by molar-refractivity contribution is 5.66. The van der Waals surface area contributed by atoms with Crippen molar-refractivity contribution in [2.75, 3.05) is 19.5 Å². The lowest BCUT2D eigenvalue weighted by Gasteiger charge is -2.12. The molecule has 5 nitrogen and oxygen atoms in total. The molecule has 0 heterocycles. The molecule has 1 aliphatic rings. The first-order valence-electron chi connectivity index (χ1n) is 5.86. The third-order valence-electron chi connectivity index (χ3n) is 2.87. The van der Waals surface area contributed by atoms with Crippen LogP contribution in [0.1, 0.15) is 13.3 Å². The Kier molecular flexibility index (Phi) is 3.50. The van der Waals surface area contributed by atoms with Gasteiger partial charge in [0.05, 0.1) is 7.11 Å². The fourth-order valence-corrected chi connectivity index (χ4v) is 1.75. The zero-order valence-electron chi connectivity index (χ0n) is 10.8. The molecule has 0 bridgehead atoms. The van der Waals surface area contributed by atoms with E-state index < -0.39 is 17.7 Å². The Labute approximate surface area is 110 Å². The maximum atomic E-state index is 14.0. The molecule has 1 aromatic rings. The standard InChI is InChI=1S/C13H16FNO4/c1-8(16)19-12-6-13(12,14)7-18-11-4-9(15)3-10(5-11)17-2/h3-5,12H,6-7,15H2,1-2H3. The quantitative estimate of drug-likeness (QED) is 0.650. The molecule has 1 aromatic carbocycles. The van der Waals surface area contributed by atoms with E-state index in [1.807, 2.05) is 0 Å². The number of esters is 1. The molecule has 19 heavy (non-hydrogen) atoms. The fraction of sp³-hybridized carbons (Fsp3) is 0.462. The topological polar surface area (TPSA) is 70.8 Å². The molecule has 0 amide bonds. The molecule has 0 aliphatic heterocycles. The molecule has 0 saturated heterocycles. The van der Waals surface area contributed by atoms with Gasteiger partial charge >= 0.3 is 5.97 Å². The molecule has 0 spiro atoms. The number of ether oxygens (including phenoxy) is 3. The van der Waals surface area contributed by atoms with Crippen LogP contribution >= 0.6 is 0 Å². The van der Waals surface area contributed by atoms with E-state index in [0.717, 1.165) is 0 Å². The van der Waals surface area contributed by atoms with Gasteiger partial charge in [0.15, 0.2) is 5.67 Å². The van der Waals surface area contributed by atoms with Crippen LogP contribution in [0.3, 0.4) is 0 Å². The number of methoxy groups -OCH3 is 1. The van der Waals surface area contributed by atoms with Gasteiger partial charge in [-0.05, 0) is 0 Å². The molecule has 2 N–H and O–H groups in total. The molecule has 2 unspecified atom stereocenters. The lowest BCUT2D eigenvalue weighted by Crippen LogP contribution is -2.21. The second-order valence-corrected chi connectivity index (χ2v) is 4.57. The number of rotatable bonds is 5. The number of carbonyl (C=O) groups excluding carboxylic acids is 1. The summed E-state index contributed by atoms with van der Waals surface area (Å²) in [6, 6.07) is 4.83. The van der Waals surface area contributed by atoms with E-state index in [4.69, 9.17) is 19.9 Å². The summed E-state index contributed by atoms with van der Waals surface area (Å²) >= 11 is 0. The summed E-state index contributed by atoms with van der Waals surface area (Å²) in [5.41, 5.74) is 4.52. The van der Waals surface area contributed by atoms with E-state index in [9.17, 15) is 9.18 Å². The number of hydrogen-bond acceptors (Lipinski definition) is 5. The highest BCUT2D eigenvalue weighted by Crippen LogP contribution is 2.43. The molecule has 0 radical (unpaired) electrons. The van der Waals surface area contributed by atoms with Crippen LogP contribution in [0.15, 0.2) is 18.2 Å². The predicted octanol–water partition coefficient (Wildman–Crippen LogP) is 1.70. The zero-order valence-corrected chi connectivity index (χ0v) is 10.8. The van der Waals surface area contributed by atoms with E-state index in [2.05, 4.69) is 0 Å². The number of carbonyl (C=O) groups is 1. The third-order valence-corrected chi connectivity index (χ3v) is 2.87. The smallest absolute Gasteiger partial charge is 0.303 e. The summed E-state index contributed by atoms with van der Waals surface area (Å²) in [6.45, 7) is 1.07. The van der Waals surface area contributed by atoms with Crippen molar-refractivity contribution in [2.45, 2.75) is 25.1 Å². The second-order valence-electron chi connectivity index (χ2n) is 4.57. The number of halogens is 1. The van der Waals surface area contributed by atoms with Gasteiger partial charge < -0.3 is 19.9 Å². The minimum Gasteiger partial charge on any atom is -0.497 e. The summed E-state index contributed by atoms with van der Waals surface area (Å²) < 4.78 is 29.2. The van der Waals surface area contributed by atoms with Gasteiger partial charge in [0.2, 0.25) is 0 Å². The van der Waals surface area contributed by atoms with E-state index in [-0.39, 0.29) is 13.0 Å². The monoisotopic (exact) mass is 269 g/mol. The van der Waals surface area contributed by atoms with Crippen LogP contribution in [0.25, 0.3) is 0 Å². The van der Waals surface area contributed by atoms with Crippen molar-refractivity contribution in [2.24, 2.45) is 0 Å². The summed E-state index contributed by atoms with van der Waals surface area (Å²) in [7, 11) is 1.51. The van der Waals surface area contributed by atoms with Crippen molar-refractivity contribution in [1.82, 2.24) is 0 Å². The summed E-state index contributed by atoms with van der Waals surface area (Å²) in [5.74, 6) is 0.466. The van der Waals surface area contributed by atoms with Crippen molar-refractivity contribution in [3.8, 4) is 11.5 Å². The molecular formula is C13H16FNO4. The number of hydrogen-bond donors (Lipinski definition) is 1. The van der Waals surface area contributed by atoms with Gasteiger partial charge in [-0.3, -0.25) is 4.79 Å². The van der Waals surface area contributed by atoms with Gasteiger partial charge in [-0.1, -0.05) is 0 Å². The van der Waals surface area contributed by atoms with Gasteiger partial charge in [-0.15, -0.1) is 0 Å². The number of alkyl halides is 1. The van der Waals surface area contributed by atoms with E-state index in [0.29, 0.717) is 17.2 Å². The zero-order chi connectivity index (χ0) is 14.0. The van der Waals surface area contributed by atoms with Crippen molar-refractivity contribution in [1.29, 1.82) is 0 Å². The summed E-state index contributed by atoms with van der Waals surface area (Å²) in [5, 5.41) is 0. The first-order valence-corrected chi connectivity index (χ1v) is 5.86. The first kappa shape index (κ1) is 13.5. The minimum absolute atomic E-state index is 0.159. The summed E-state index contributed by atoms with van der Waals surface area (Å²) in [4.78, 5) is 10.7. The lowest BCUT2D eigenvalue weighted by atomic mass is 10.3. The number of nitrogen functional groups attached to an aromatic ring is 1. The lowest BCUT2D eigenvalue weighted by molar-refractivity contribution is -0.144. The molecule has 0 aromatic heterocycles. The molecule has 2 atom stereocenters. The van der Waals surface area contributed by atoms with Crippen molar-refractivity contribution in [3.05, 3.63) is 18.2 Å². The van der Waals surface area contributed by atoms with E-state index in [1.54, 1.807) is 18.2 Å². The van der Waals surface area contributed by atoms with Gasteiger partial charge in [-0.25, -0.2) is 4.39 Å². The second kappa shape index (κ2) is 4.95. The predicted molar refractivity (Wildman–Crippen MR) is 66.9 cm³/mol. The van der Waals surface area contributed by atoms with E-state index >= 15 is 0 Å². The average molecular weight is 269 g/mol. The number of anilines is 1. The highest BCUT2D eigenvalue weighted by atomic mass is 19.1. The van der Waals surface area contributed by atoms with Crippen LogP contribution in [0, 0.1) is 0 Å². The molecule has 2 rings (SSSR count).